The van der Waals surface area contributed by atoms with Crippen molar-refractivity contribution in [3.8, 4) is 0 Å². The second kappa shape index (κ2) is 6.48. The summed E-state index contributed by atoms with van der Waals surface area (Å²) in [6, 6.07) is 0. The van der Waals surface area contributed by atoms with E-state index in [9.17, 15) is 4.79 Å². The first-order valence-corrected chi connectivity index (χ1v) is 5.72. The van der Waals surface area contributed by atoms with Crippen LogP contribution >= 0.6 is 0 Å². The van der Waals surface area contributed by atoms with E-state index in [1.54, 1.807) is 6.92 Å². The summed E-state index contributed by atoms with van der Waals surface area (Å²) in [4.78, 5) is 10.4. The van der Waals surface area contributed by atoms with Crippen LogP contribution in [0.2, 0.25) is 0 Å². The molecule has 0 aromatic heterocycles. The van der Waals surface area contributed by atoms with Crippen LogP contribution < -0.4 is 0 Å². The van der Waals surface area contributed by atoms with Gasteiger partial charge in [0.05, 0.1) is 13.2 Å². The van der Waals surface area contributed by atoms with Gasteiger partial charge in [0, 0.05) is 6.08 Å². The van der Waals surface area contributed by atoms with Crippen LogP contribution in [-0.2, 0) is 9.53 Å². The number of aliphatic carboxylic acids is 1. The fraction of sp³-hybridized carbons (Fsp3) is 0.615. The molecule has 1 aliphatic rings. The average Bonchev–Trinajstić information content (AvgIpc) is 2.19. The van der Waals surface area contributed by atoms with Crippen molar-refractivity contribution in [2.45, 2.75) is 26.7 Å². The lowest BCUT2D eigenvalue weighted by Gasteiger charge is -2.24. The lowest BCUT2D eigenvalue weighted by atomic mass is 9.85. The zero-order valence-corrected chi connectivity index (χ0v) is 9.98. The first-order valence-electron chi connectivity index (χ1n) is 5.72. The van der Waals surface area contributed by atoms with Crippen LogP contribution in [-0.4, -0.2) is 24.3 Å². The molecule has 1 aliphatic carbocycles. The summed E-state index contributed by atoms with van der Waals surface area (Å²) in [5.74, 6) is 0.325. The third-order valence-electron chi connectivity index (χ3n) is 2.95. The zero-order valence-electron chi connectivity index (χ0n) is 9.98. The number of rotatable bonds is 5. The van der Waals surface area contributed by atoms with Crippen LogP contribution in [0.4, 0.5) is 0 Å². The normalized spacial score (nSPS) is 25.8. The highest BCUT2D eigenvalue weighted by Gasteiger charge is 2.18. The fourth-order valence-electron chi connectivity index (χ4n) is 1.86. The maximum Gasteiger partial charge on any atom is 0.328 e. The molecule has 0 saturated heterocycles. The van der Waals surface area contributed by atoms with Gasteiger partial charge in [-0.1, -0.05) is 19.1 Å². The van der Waals surface area contributed by atoms with E-state index in [1.165, 1.54) is 6.08 Å². The van der Waals surface area contributed by atoms with E-state index in [0.29, 0.717) is 18.4 Å². The van der Waals surface area contributed by atoms with Gasteiger partial charge >= 0.3 is 5.97 Å². The minimum atomic E-state index is -0.907. The van der Waals surface area contributed by atoms with Crippen LogP contribution in [0.3, 0.4) is 0 Å². The minimum absolute atomic E-state index is 0.416. The molecule has 0 amide bonds. The average molecular weight is 224 g/mol. The molecule has 0 heterocycles. The van der Waals surface area contributed by atoms with Crippen molar-refractivity contribution in [1.82, 2.24) is 0 Å². The molecule has 0 aromatic carbocycles. The van der Waals surface area contributed by atoms with E-state index in [2.05, 4.69) is 19.1 Å². The van der Waals surface area contributed by atoms with Gasteiger partial charge in [-0.15, -0.1) is 0 Å². The molecule has 3 heteroatoms. The van der Waals surface area contributed by atoms with E-state index >= 15 is 0 Å². The minimum Gasteiger partial charge on any atom is -0.478 e. The van der Waals surface area contributed by atoms with Crippen molar-refractivity contribution in [3.63, 3.8) is 0 Å². The molecule has 0 radical (unpaired) electrons. The predicted octanol–water partition coefficient (Wildman–Crippen LogP) is 2.64. The summed E-state index contributed by atoms with van der Waals surface area (Å²) >= 11 is 0. The maximum absolute atomic E-state index is 10.4. The molecular formula is C13H20O3. The number of carboxylic acid groups (broad SMARTS) is 1. The second-order valence-electron chi connectivity index (χ2n) is 4.52. The maximum atomic E-state index is 10.4. The summed E-state index contributed by atoms with van der Waals surface area (Å²) in [5.41, 5.74) is 0.756. The van der Waals surface area contributed by atoms with Crippen molar-refractivity contribution in [2.75, 3.05) is 13.2 Å². The summed E-state index contributed by atoms with van der Waals surface area (Å²) < 4.78 is 5.54. The van der Waals surface area contributed by atoms with Crippen LogP contribution in [0.15, 0.2) is 23.8 Å². The monoisotopic (exact) mass is 224 g/mol. The lowest BCUT2D eigenvalue weighted by Crippen LogP contribution is -2.20. The molecule has 2 atom stereocenters. The van der Waals surface area contributed by atoms with E-state index in [0.717, 1.165) is 25.0 Å². The van der Waals surface area contributed by atoms with Gasteiger partial charge in [0.25, 0.3) is 0 Å². The predicted molar refractivity (Wildman–Crippen MR) is 63.2 cm³/mol. The Morgan fingerprint density at radius 1 is 1.50 bits per heavy atom. The Hall–Kier alpha value is -1.09. The molecule has 2 unspecified atom stereocenters. The summed E-state index contributed by atoms with van der Waals surface area (Å²) in [6.45, 7) is 5.14. The molecule has 0 saturated carbocycles. The Balaban J connectivity index is 2.25. The van der Waals surface area contributed by atoms with Gasteiger partial charge in [-0.25, -0.2) is 4.79 Å². The van der Waals surface area contributed by atoms with Crippen molar-refractivity contribution in [2.24, 2.45) is 11.8 Å². The number of hydrogen-bond donors (Lipinski definition) is 1. The third-order valence-corrected chi connectivity index (χ3v) is 2.95. The van der Waals surface area contributed by atoms with Crippen LogP contribution in [0.25, 0.3) is 0 Å². The molecule has 0 aliphatic heterocycles. The van der Waals surface area contributed by atoms with Crippen LogP contribution in [0.5, 0.6) is 0 Å². The first kappa shape index (κ1) is 13.0. The van der Waals surface area contributed by atoms with Gasteiger partial charge in [-0.05, 0) is 37.2 Å². The van der Waals surface area contributed by atoms with Gasteiger partial charge in [0.1, 0.15) is 0 Å². The number of hydrogen-bond acceptors (Lipinski definition) is 2. The van der Waals surface area contributed by atoms with Crippen molar-refractivity contribution in [1.29, 1.82) is 0 Å². The summed E-state index contributed by atoms with van der Waals surface area (Å²) in [6.07, 6.45) is 7.82. The first-order chi connectivity index (χ1) is 7.59. The van der Waals surface area contributed by atoms with Gasteiger partial charge in [-0.2, -0.15) is 0 Å². The largest absolute Gasteiger partial charge is 0.478 e. The van der Waals surface area contributed by atoms with Gasteiger partial charge in [0.15, 0.2) is 0 Å². The molecule has 0 spiro atoms. The Morgan fingerprint density at radius 3 is 2.81 bits per heavy atom. The molecule has 0 fully saturated rings. The number of ether oxygens (including phenoxy) is 1. The van der Waals surface area contributed by atoms with Crippen molar-refractivity contribution >= 4 is 5.97 Å². The molecular weight excluding hydrogens is 204 g/mol. The van der Waals surface area contributed by atoms with E-state index < -0.39 is 5.97 Å². The Morgan fingerprint density at radius 2 is 2.19 bits per heavy atom. The third kappa shape index (κ3) is 4.62. The zero-order chi connectivity index (χ0) is 12.0. The lowest BCUT2D eigenvalue weighted by molar-refractivity contribution is -0.131. The highest BCUT2D eigenvalue weighted by atomic mass is 16.5. The number of allylic oxidation sites excluding steroid dienone is 2. The molecule has 0 aromatic rings. The molecule has 1 rings (SSSR count). The van der Waals surface area contributed by atoms with Crippen molar-refractivity contribution in [3.05, 3.63) is 23.8 Å². The van der Waals surface area contributed by atoms with E-state index in [1.807, 2.05) is 0 Å². The molecule has 16 heavy (non-hydrogen) atoms. The number of carbonyl (C=O) groups is 1. The van der Waals surface area contributed by atoms with Crippen LogP contribution in [0, 0.1) is 11.8 Å². The Labute approximate surface area is 96.8 Å². The standard InChI is InChI=1S/C13H20O3/c1-10(7-13(14)15)8-16-9-12-6-4-3-5-11(12)2/h3-4,7,11-12H,5-6,8-9H2,1-2H3,(H,14,15). The molecule has 90 valence electrons. The summed E-state index contributed by atoms with van der Waals surface area (Å²) in [7, 11) is 0. The smallest absolute Gasteiger partial charge is 0.328 e. The van der Waals surface area contributed by atoms with E-state index in [-0.39, 0.29) is 0 Å². The number of carboxylic acids is 1. The highest BCUT2D eigenvalue weighted by Crippen LogP contribution is 2.25. The summed E-state index contributed by atoms with van der Waals surface area (Å²) in [5, 5.41) is 8.53. The Bertz CT molecular complexity index is 292. The molecule has 0 bridgehead atoms. The fourth-order valence-corrected chi connectivity index (χ4v) is 1.86. The van der Waals surface area contributed by atoms with Gasteiger partial charge < -0.3 is 9.84 Å². The van der Waals surface area contributed by atoms with Gasteiger partial charge in [0.2, 0.25) is 0 Å². The van der Waals surface area contributed by atoms with Gasteiger partial charge in [-0.3, -0.25) is 0 Å². The van der Waals surface area contributed by atoms with Crippen LogP contribution in [0.1, 0.15) is 26.7 Å². The van der Waals surface area contributed by atoms with Crippen molar-refractivity contribution < 1.29 is 14.6 Å². The molecule has 1 N–H and O–H groups in total. The quantitative estimate of drug-likeness (QED) is 0.577. The molecule has 3 nitrogen and oxygen atoms in total. The topological polar surface area (TPSA) is 46.5 Å². The second-order valence-corrected chi connectivity index (χ2v) is 4.52. The van der Waals surface area contributed by atoms with E-state index in [4.69, 9.17) is 9.84 Å². The SMILES string of the molecule is CC(=CC(=O)O)COCC1CC=CCC1C. The Kier molecular flexibility index (Phi) is 5.26. The highest BCUT2D eigenvalue weighted by molar-refractivity contribution is 5.80.